The molecule has 1 aliphatic rings. The van der Waals surface area contributed by atoms with Gasteiger partial charge in [0.15, 0.2) is 0 Å². The number of hydrogen-bond donors (Lipinski definition) is 1. The second-order valence-corrected chi connectivity index (χ2v) is 6.33. The molecule has 0 aliphatic heterocycles. The molecule has 1 aliphatic carbocycles. The van der Waals surface area contributed by atoms with Crippen molar-refractivity contribution in [3.8, 4) is 0 Å². The van der Waals surface area contributed by atoms with Crippen LogP contribution in [0.4, 0.5) is 0 Å². The first-order valence-electron chi connectivity index (χ1n) is 7.52. The molecule has 0 spiro atoms. The predicted molar refractivity (Wildman–Crippen MR) is 81.0 cm³/mol. The first-order chi connectivity index (χ1) is 8.22. The van der Waals surface area contributed by atoms with Crippen molar-refractivity contribution in [3.63, 3.8) is 0 Å². The minimum atomic E-state index is 0.514. The number of hydrogen-bond acceptors (Lipinski definition) is 2. The van der Waals surface area contributed by atoms with Crippen molar-refractivity contribution in [2.24, 2.45) is 5.41 Å². The van der Waals surface area contributed by atoms with E-state index in [0.29, 0.717) is 5.41 Å². The standard InChI is InChI=1S/C15H31NS/c1-3-4-9-12-16(2)13-15(14-17)10-7-5-6-8-11-15/h17H,3-14H2,1-2H3. The Bertz CT molecular complexity index is 185. The van der Waals surface area contributed by atoms with Crippen LogP contribution in [-0.2, 0) is 0 Å². The Labute approximate surface area is 114 Å². The zero-order valence-electron chi connectivity index (χ0n) is 11.9. The average molecular weight is 257 g/mol. The Balaban J connectivity index is 2.37. The number of unbranched alkanes of at least 4 members (excludes halogenated alkanes) is 2. The predicted octanol–water partition coefficient (Wildman–Crippen LogP) is 4.38. The van der Waals surface area contributed by atoms with Gasteiger partial charge in [-0.2, -0.15) is 12.6 Å². The van der Waals surface area contributed by atoms with Crippen LogP contribution >= 0.6 is 12.6 Å². The molecule has 1 fully saturated rings. The summed E-state index contributed by atoms with van der Waals surface area (Å²) in [6.45, 7) is 4.81. The summed E-state index contributed by atoms with van der Waals surface area (Å²) in [5.74, 6) is 1.07. The molecule has 1 nitrogen and oxygen atoms in total. The zero-order chi connectivity index (χ0) is 12.6. The minimum absolute atomic E-state index is 0.514. The first-order valence-corrected chi connectivity index (χ1v) is 8.15. The van der Waals surface area contributed by atoms with Crippen LogP contribution in [0.25, 0.3) is 0 Å². The van der Waals surface area contributed by atoms with E-state index in [1.165, 1.54) is 70.9 Å². The van der Waals surface area contributed by atoms with E-state index in [9.17, 15) is 0 Å². The molecule has 0 heterocycles. The summed E-state index contributed by atoms with van der Waals surface area (Å²) in [7, 11) is 2.30. The molecule has 0 unspecified atom stereocenters. The fourth-order valence-corrected chi connectivity index (χ4v) is 3.54. The summed E-state index contributed by atoms with van der Waals surface area (Å²) in [6.07, 6.45) is 12.6. The van der Waals surface area contributed by atoms with Crippen molar-refractivity contribution in [2.45, 2.75) is 64.7 Å². The smallest absolute Gasteiger partial charge is 0.00427 e. The van der Waals surface area contributed by atoms with Gasteiger partial charge in [0.25, 0.3) is 0 Å². The fraction of sp³-hybridized carbons (Fsp3) is 1.00. The van der Waals surface area contributed by atoms with Gasteiger partial charge in [-0.1, -0.05) is 45.4 Å². The Morgan fingerprint density at radius 1 is 1.06 bits per heavy atom. The first kappa shape index (κ1) is 15.4. The highest BCUT2D eigenvalue weighted by Gasteiger charge is 2.30. The summed E-state index contributed by atoms with van der Waals surface area (Å²) < 4.78 is 0. The van der Waals surface area contributed by atoms with Crippen LogP contribution in [0.3, 0.4) is 0 Å². The van der Waals surface area contributed by atoms with Gasteiger partial charge in [-0.25, -0.2) is 0 Å². The highest BCUT2D eigenvalue weighted by molar-refractivity contribution is 7.80. The lowest BCUT2D eigenvalue weighted by Crippen LogP contribution is -2.37. The van der Waals surface area contributed by atoms with E-state index in [1.807, 2.05) is 0 Å². The van der Waals surface area contributed by atoms with Crippen molar-refractivity contribution in [3.05, 3.63) is 0 Å². The third-order valence-corrected chi connectivity index (χ3v) is 4.92. The van der Waals surface area contributed by atoms with Gasteiger partial charge in [0.1, 0.15) is 0 Å². The van der Waals surface area contributed by atoms with E-state index in [2.05, 4.69) is 31.5 Å². The summed E-state index contributed by atoms with van der Waals surface area (Å²) >= 11 is 4.65. The van der Waals surface area contributed by atoms with Crippen LogP contribution in [0.5, 0.6) is 0 Å². The molecule has 0 N–H and O–H groups in total. The second kappa shape index (κ2) is 8.42. The summed E-state index contributed by atoms with van der Waals surface area (Å²) in [6, 6.07) is 0. The van der Waals surface area contributed by atoms with Crippen LogP contribution in [0, 0.1) is 5.41 Å². The largest absolute Gasteiger partial charge is 0.306 e. The Morgan fingerprint density at radius 2 is 1.71 bits per heavy atom. The lowest BCUT2D eigenvalue weighted by Gasteiger charge is -2.35. The lowest BCUT2D eigenvalue weighted by atomic mass is 9.81. The van der Waals surface area contributed by atoms with Crippen molar-refractivity contribution < 1.29 is 0 Å². The Hall–Kier alpha value is 0.310. The van der Waals surface area contributed by atoms with Gasteiger partial charge in [-0.05, 0) is 44.0 Å². The van der Waals surface area contributed by atoms with Crippen molar-refractivity contribution in [2.75, 3.05) is 25.9 Å². The molecule has 17 heavy (non-hydrogen) atoms. The molecule has 0 amide bonds. The van der Waals surface area contributed by atoms with Gasteiger partial charge < -0.3 is 4.90 Å². The molecular weight excluding hydrogens is 226 g/mol. The summed E-state index contributed by atoms with van der Waals surface area (Å²) in [5.41, 5.74) is 0.514. The number of thiol groups is 1. The SMILES string of the molecule is CCCCCN(C)CC1(CS)CCCCCC1. The highest BCUT2D eigenvalue weighted by Crippen LogP contribution is 2.36. The number of rotatable bonds is 7. The average Bonchev–Trinajstić information content (AvgIpc) is 2.56. The molecule has 0 radical (unpaired) electrons. The van der Waals surface area contributed by atoms with Crippen LogP contribution < -0.4 is 0 Å². The molecule has 1 saturated carbocycles. The van der Waals surface area contributed by atoms with E-state index in [0.717, 1.165) is 5.75 Å². The topological polar surface area (TPSA) is 3.24 Å². The maximum atomic E-state index is 4.65. The zero-order valence-corrected chi connectivity index (χ0v) is 12.8. The molecule has 2 heteroatoms. The van der Waals surface area contributed by atoms with Gasteiger partial charge in [0, 0.05) is 6.54 Å². The van der Waals surface area contributed by atoms with E-state index in [1.54, 1.807) is 0 Å². The maximum absolute atomic E-state index is 4.65. The van der Waals surface area contributed by atoms with Crippen molar-refractivity contribution in [1.82, 2.24) is 4.90 Å². The van der Waals surface area contributed by atoms with Crippen LogP contribution in [-0.4, -0.2) is 30.8 Å². The summed E-state index contributed by atoms with van der Waals surface area (Å²) in [5, 5.41) is 0. The van der Waals surface area contributed by atoms with E-state index in [-0.39, 0.29) is 0 Å². The molecule has 0 aromatic carbocycles. The quantitative estimate of drug-likeness (QED) is 0.402. The highest BCUT2D eigenvalue weighted by atomic mass is 32.1. The maximum Gasteiger partial charge on any atom is 0.00427 e. The van der Waals surface area contributed by atoms with E-state index >= 15 is 0 Å². The van der Waals surface area contributed by atoms with Crippen molar-refractivity contribution >= 4 is 12.6 Å². The van der Waals surface area contributed by atoms with Gasteiger partial charge in [-0.15, -0.1) is 0 Å². The third-order valence-electron chi connectivity index (χ3n) is 4.25. The third kappa shape index (κ3) is 5.65. The van der Waals surface area contributed by atoms with Gasteiger partial charge >= 0.3 is 0 Å². The molecule has 102 valence electrons. The monoisotopic (exact) mass is 257 g/mol. The van der Waals surface area contributed by atoms with E-state index < -0.39 is 0 Å². The van der Waals surface area contributed by atoms with Gasteiger partial charge in [-0.3, -0.25) is 0 Å². The minimum Gasteiger partial charge on any atom is -0.306 e. The summed E-state index contributed by atoms with van der Waals surface area (Å²) in [4.78, 5) is 2.55. The Morgan fingerprint density at radius 3 is 2.24 bits per heavy atom. The van der Waals surface area contributed by atoms with Crippen LogP contribution in [0.2, 0.25) is 0 Å². The molecule has 0 aromatic heterocycles. The Kier molecular flexibility index (Phi) is 7.61. The fourth-order valence-electron chi connectivity index (χ4n) is 3.13. The van der Waals surface area contributed by atoms with Gasteiger partial charge in [0.2, 0.25) is 0 Å². The van der Waals surface area contributed by atoms with Crippen molar-refractivity contribution in [1.29, 1.82) is 0 Å². The second-order valence-electron chi connectivity index (χ2n) is 6.02. The van der Waals surface area contributed by atoms with Crippen LogP contribution in [0.15, 0.2) is 0 Å². The number of nitrogens with zero attached hydrogens (tertiary/aromatic N) is 1. The molecule has 0 saturated heterocycles. The molecular formula is C15H31NS. The normalized spacial score (nSPS) is 20.5. The molecule has 0 atom stereocenters. The van der Waals surface area contributed by atoms with Crippen LogP contribution in [0.1, 0.15) is 64.7 Å². The molecule has 0 aromatic rings. The van der Waals surface area contributed by atoms with E-state index in [4.69, 9.17) is 0 Å². The molecule has 0 bridgehead atoms. The lowest BCUT2D eigenvalue weighted by molar-refractivity contribution is 0.173. The van der Waals surface area contributed by atoms with Gasteiger partial charge in [0.05, 0.1) is 0 Å². The molecule has 1 rings (SSSR count).